The molecule has 0 aliphatic rings. The molecule has 2 rings (SSSR count). The molecular formula is C17H19NO5S. The fraction of sp³-hybridized carbons (Fsp3) is 0.235. The van der Waals surface area contributed by atoms with Gasteiger partial charge >= 0.3 is 5.97 Å². The number of hydrogen-bond acceptors (Lipinski definition) is 5. The molecule has 0 amide bonds. The summed E-state index contributed by atoms with van der Waals surface area (Å²) in [5.74, 6) is 0.0729. The Bertz CT molecular complexity index is 790. The molecule has 0 fully saturated rings. The topological polar surface area (TPSA) is 81.7 Å². The molecule has 1 atom stereocenters. The number of methoxy groups -OCH3 is 1. The largest absolute Gasteiger partial charge is 0.492 e. The van der Waals surface area contributed by atoms with Crippen molar-refractivity contribution < 1.29 is 22.7 Å². The molecule has 0 aliphatic carbocycles. The lowest BCUT2D eigenvalue weighted by atomic mass is 10.2. The molecule has 0 spiro atoms. The third kappa shape index (κ3) is 4.81. The van der Waals surface area contributed by atoms with Crippen molar-refractivity contribution in [3.8, 4) is 5.75 Å². The van der Waals surface area contributed by atoms with Gasteiger partial charge in [0.15, 0.2) is 0 Å². The van der Waals surface area contributed by atoms with Gasteiger partial charge in [-0.25, -0.2) is 17.9 Å². The summed E-state index contributed by atoms with van der Waals surface area (Å²) in [6.07, 6.45) is 0. The van der Waals surface area contributed by atoms with Crippen LogP contribution in [0.5, 0.6) is 5.75 Å². The van der Waals surface area contributed by atoms with Crippen LogP contribution in [0.25, 0.3) is 0 Å². The predicted molar refractivity (Wildman–Crippen MR) is 89.5 cm³/mol. The van der Waals surface area contributed by atoms with E-state index in [0.29, 0.717) is 5.75 Å². The highest BCUT2D eigenvalue weighted by Crippen LogP contribution is 2.13. The van der Waals surface area contributed by atoms with Crippen molar-refractivity contribution in [2.24, 2.45) is 0 Å². The number of hydrogen-bond donors (Lipinski definition) is 1. The van der Waals surface area contributed by atoms with E-state index in [1.54, 1.807) is 19.1 Å². The quantitative estimate of drug-likeness (QED) is 0.775. The van der Waals surface area contributed by atoms with Crippen LogP contribution in [-0.4, -0.2) is 34.1 Å². The third-order valence-corrected chi connectivity index (χ3v) is 4.75. The van der Waals surface area contributed by atoms with Gasteiger partial charge in [0, 0.05) is 0 Å². The molecule has 6 nitrogen and oxygen atoms in total. The maximum absolute atomic E-state index is 12.4. The second-order valence-electron chi connectivity index (χ2n) is 5.17. The van der Waals surface area contributed by atoms with E-state index in [4.69, 9.17) is 4.74 Å². The highest BCUT2D eigenvalue weighted by atomic mass is 32.2. The number of sulfonamides is 1. The van der Waals surface area contributed by atoms with Crippen LogP contribution in [0.3, 0.4) is 0 Å². The molecule has 24 heavy (non-hydrogen) atoms. The predicted octanol–water partition coefficient (Wildman–Crippen LogP) is 2.22. The first kappa shape index (κ1) is 18.0. The molecule has 0 saturated heterocycles. The summed E-state index contributed by atoms with van der Waals surface area (Å²) < 4.78 is 37.4. The molecule has 128 valence electrons. The normalized spacial score (nSPS) is 12.4. The fourth-order valence-corrected chi connectivity index (χ4v) is 3.29. The van der Waals surface area contributed by atoms with Crippen LogP contribution in [0.15, 0.2) is 59.5 Å². The van der Waals surface area contributed by atoms with E-state index in [-0.39, 0.29) is 17.1 Å². The summed E-state index contributed by atoms with van der Waals surface area (Å²) >= 11 is 0. The Balaban J connectivity index is 2.03. The average Bonchev–Trinajstić information content (AvgIpc) is 2.60. The minimum atomic E-state index is -3.77. The molecule has 0 saturated carbocycles. The van der Waals surface area contributed by atoms with Gasteiger partial charge in [0.2, 0.25) is 10.0 Å². The molecule has 0 aliphatic heterocycles. The zero-order chi connectivity index (χ0) is 17.6. The zero-order valence-electron chi connectivity index (χ0n) is 13.4. The van der Waals surface area contributed by atoms with Crippen molar-refractivity contribution in [1.82, 2.24) is 4.72 Å². The lowest BCUT2D eigenvalue weighted by Crippen LogP contribution is -2.36. The van der Waals surface area contributed by atoms with Crippen molar-refractivity contribution in [2.45, 2.75) is 17.9 Å². The summed E-state index contributed by atoms with van der Waals surface area (Å²) in [4.78, 5) is 11.5. The number of para-hydroxylation sites is 1. The maximum Gasteiger partial charge on any atom is 0.337 e. The summed E-state index contributed by atoms with van der Waals surface area (Å²) in [6.45, 7) is 1.88. The SMILES string of the molecule is COC(=O)c1cccc(S(=O)(=O)NC(C)COc2ccccc2)c1. The Morgan fingerprint density at radius 1 is 1.12 bits per heavy atom. The van der Waals surface area contributed by atoms with E-state index in [0.717, 1.165) is 0 Å². The number of carbonyl (C=O) groups excluding carboxylic acids is 1. The molecule has 2 aromatic carbocycles. The Morgan fingerprint density at radius 2 is 1.83 bits per heavy atom. The minimum absolute atomic E-state index is 0.00281. The van der Waals surface area contributed by atoms with Crippen LogP contribution >= 0.6 is 0 Å². The van der Waals surface area contributed by atoms with Gasteiger partial charge in [0.05, 0.1) is 23.6 Å². The first-order chi connectivity index (χ1) is 11.4. The second kappa shape index (κ2) is 7.94. The van der Waals surface area contributed by atoms with E-state index in [1.165, 1.54) is 31.4 Å². The van der Waals surface area contributed by atoms with Gasteiger partial charge in [-0.2, -0.15) is 0 Å². The molecule has 0 aromatic heterocycles. The molecule has 7 heteroatoms. The van der Waals surface area contributed by atoms with Crippen LogP contribution in [0.4, 0.5) is 0 Å². The Kier molecular flexibility index (Phi) is 5.94. The van der Waals surface area contributed by atoms with Crippen molar-refractivity contribution >= 4 is 16.0 Å². The molecule has 0 bridgehead atoms. The Morgan fingerprint density at radius 3 is 2.50 bits per heavy atom. The third-order valence-electron chi connectivity index (χ3n) is 3.16. The lowest BCUT2D eigenvalue weighted by Gasteiger charge is -2.15. The average molecular weight is 349 g/mol. The Hall–Kier alpha value is -2.38. The van der Waals surface area contributed by atoms with Gasteiger partial charge in [0.1, 0.15) is 12.4 Å². The number of ether oxygens (including phenoxy) is 2. The van der Waals surface area contributed by atoms with E-state index >= 15 is 0 Å². The van der Waals surface area contributed by atoms with Gasteiger partial charge in [-0.1, -0.05) is 24.3 Å². The van der Waals surface area contributed by atoms with E-state index in [9.17, 15) is 13.2 Å². The molecule has 2 aromatic rings. The Labute approximate surface area is 141 Å². The van der Waals surface area contributed by atoms with Crippen LogP contribution in [0, 0.1) is 0 Å². The van der Waals surface area contributed by atoms with E-state index in [1.807, 2.05) is 18.2 Å². The van der Waals surface area contributed by atoms with Crippen LogP contribution in [0.2, 0.25) is 0 Å². The molecule has 1 unspecified atom stereocenters. The maximum atomic E-state index is 12.4. The molecule has 0 heterocycles. The van der Waals surface area contributed by atoms with E-state index in [2.05, 4.69) is 9.46 Å². The van der Waals surface area contributed by atoms with Crippen molar-refractivity contribution in [2.75, 3.05) is 13.7 Å². The van der Waals surface area contributed by atoms with E-state index < -0.39 is 22.0 Å². The highest BCUT2D eigenvalue weighted by molar-refractivity contribution is 7.89. The highest BCUT2D eigenvalue weighted by Gasteiger charge is 2.19. The van der Waals surface area contributed by atoms with Crippen molar-refractivity contribution in [3.05, 3.63) is 60.2 Å². The summed E-state index contributed by atoms with van der Waals surface area (Å²) in [5.41, 5.74) is 0.175. The number of nitrogens with one attached hydrogen (secondary N) is 1. The minimum Gasteiger partial charge on any atom is -0.492 e. The van der Waals surface area contributed by atoms with Gasteiger partial charge in [0.25, 0.3) is 0 Å². The van der Waals surface area contributed by atoms with Crippen LogP contribution in [-0.2, 0) is 14.8 Å². The first-order valence-electron chi connectivity index (χ1n) is 7.31. The zero-order valence-corrected chi connectivity index (χ0v) is 14.2. The number of rotatable bonds is 7. The molecular weight excluding hydrogens is 330 g/mol. The number of benzene rings is 2. The summed E-state index contributed by atoms with van der Waals surface area (Å²) in [6, 6.07) is 14.4. The first-order valence-corrected chi connectivity index (χ1v) is 8.79. The smallest absolute Gasteiger partial charge is 0.337 e. The van der Waals surface area contributed by atoms with Gasteiger partial charge in [-0.05, 0) is 37.3 Å². The van der Waals surface area contributed by atoms with Crippen LogP contribution in [0.1, 0.15) is 17.3 Å². The molecule has 0 radical (unpaired) electrons. The number of carbonyl (C=O) groups is 1. The van der Waals surface area contributed by atoms with Crippen LogP contribution < -0.4 is 9.46 Å². The monoisotopic (exact) mass is 349 g/mol. The van der Waals surface area contributed by atoms with Crippen molar-refractivity contribution in [1.29, 1.82) is 0 Å². The van der Waals surface area contributed by atoms with Gasteiger partial charge in [-0.15, -0.1) is 0 Å². The summed E-state index contributed by atoms with van der Waals surface area (Å²) in [5, 5.41) is 0. The lowest BCUT2D eigenvalue weighted by molar-refractivity contribution is 0.0600. The summed E-state index contributed by atoms with van der Waals surface area (Å²) in [7, 11) is -2.53. The van der Waals surface area contributed by atoms with Gasteiger partial charge < -0.3 is 9.47 Å². The fourth-order valence-electron chi connectivity index (χ4n) is 2.01. The van der Waals surface area contributed by atoms with Gasteiger partial charge in [-0.3, -0.25) is 0 Å². The van der Waals surface area contributed by atoms with Crippen molar-refractivity contribution in [3.63, 3.8) is 0 Å². The standard InChI is InChI=1S/C17H19NO5S/c1-13(12-23-15-8-4-3-5-9-15)18-24(20,21)16-10-6-7-14(11-16)17(19)22-2/h3-11,13,18H,12H2,1-2H3. The second-order valence-corrected chi connectivity index (χ2v) is 6.88. The number of esters is 1. The molecule has 1 N–H and O–H groups in total.